The van der Waals surface area contributed by atoms with Gasteiger partial charge in [-0.1, -0.05) is 0 Å². The lowest BCUT2D eigenvalue weighted by Gasteiger charge is -2.38. The summed E-state index contributed by atoms with van der Waals surface area (Å²) in [6, 6.07) is -1.30. The van der Waals surface area contributed by atoms with Crippen LogP contribution in [0.4, 0.5) is 13.6 Å². The summed E-state index contributed by atoms with van der Waals surface area (Å²) >= 11 is 0. The average molecular weight is 279 g/mol. The van der Waals surface area contributed by atoms with Crippen molar-refractivity contribution in [3.8, 4) is 0 Å². The Bertz CT molecular complexity index is 365. The van der Waals surface area contributed by atoms with Crippen molar-refractivity contribution in [3.05, 3.63) is 0 Å². The molecule has 0 spiro atoms. The molecule has 0 bridgehead atoms. The Morgan fingerprint density at radius 2 is 1.89 bits per heavy atom. The molecule has 0 aromatic rings. The molecule has 1 heterocycles. The second-order valence-corrected chi connectivity index (χ2v) is 5.52. The van der Waals surface area contributed by atoms with Crippen molar-refractivity contribution in [2.45, 2.75) is 51.2 Å². The standard InChI is InChI=1S/C12H19F2NO4/c1-11(2,3)19-10(17)15-6-5-12(13,14)7-8(15)9(16)18-4/h8H,5-7H2,1-4H3. The van der Waals surface area contributed by atoms with Gasteiger partial charge in [0.05, 0.1) is 7.11 Å². The summed E-state index contributed by atoms with van der Waals surface area (Å²) in [6.07, 6.45) is -2.00. The SMILES string of the molecule is COC(=O)C1CC(F)(F)CCN1C(=O)OC(C)(C)C. The molecule has 0 aromatic heterocycles. The summed E-state index contributed by atoms with van der Waals surface area (Å²) in [5.41, 5.74) is -0.752. The second kappa shape index (κ2) is 5.30. The Kier molecular flexibility index (Phi) is 4.37. The van der Waals surface area contributed by atoms with E-state index in [1.54, 1.807) is 20.8 Å². The van der Waals surface area contributed by atoms with E-state index < -0.39 is 42.5 Å². The highest BCUT2D eigenvalue weighted by Crippen LogP contribution is 2.33. The highest BCUT2D eigenvalue weighted by Gasteiger charge is 2.46. The molecular formula is C12H19F2NO4. The third-order valence-electron chi connectivity index (χ3n) is 2.69. The number of esters is 1. The highest BCUT2D eigenvalue weighted by atomic mass is 19.3. The lowest BCUT2D eigenvalue weighted by atomic mass is 9.99. The molecule has 1 atom stereocenters. The molecule has 0 radical (unpaired) electrons. The number of rotatable bonds is 1. The smallest absolute Gasteiger partial charge is 0.411 e. The molecule has 5 nitrogen and oxygen atoms in total. The van der Waals surface area contributed by atoms with Gasteiger partial charge in [-0.25, -0.2) is 18.4 Å². The van der Waals surface area contributed by atoms with E-state index in [2.05, 4.69) is 4.74 Å². The summed E-state index contributed by atoms with van der Waals surface area (Å²) in [5, 5.41) is 0. The number of halogens is 2. The zero-order chi connectivity index (χ0) is 14.8. The Labute approximate surface area is 110 Å². The fourth-order valence-corrected chi connectivity index (χ4v) is 1.82. The van der Waals surface area contributed by atoms with E-state index in [0.717, 1.165) is 12.0 Å². The van der Waals surface area contributed by atoms with E-state index in [4.69, 9.17) is 4.74 Å². The van der Waals surface area contributed by atoms with Crippen molar-refractivity contribution in [3.63, 3.8) is 0 Å². The Morgan fingerprint density at radius 1 is 1.32 bits per heavy atom. The van der Waals surface area contributed by atoms with E-state index in [9.17, 15) is 18.4 Å². The molecule has 1 saturated heterocycles. The third kappa shape index (κ3) is 4.33. The molecule has 1 rings (SSSR count). The third-order valence-corrected chi connectivity index (χ3v) is 2.69. The van der Waals surface area contributed by atoms with E-state index in [1.807, 2.05) is 0 Å². The molecule has 0 N–H and O–H groups in total. The van der Waals surface area contributed by atoms with Gasteiger partial charge in [-0.05, 0) is 20.8 Å². The van der Waals surface area contributed by atoms with Crippen LogP contribution in [-0.2, 0) is 14.3 Å². The van der Waals surface area contributed by atoms with Crippen LogP contribution in [0.2, 0.25) is 0 Å². The maximum Gasteiger partial charge on any atom is 0.411 e. The maximum absolute atomic E-state index is 13.3. The topological polar surface area (TPSA) is 55.8 Å². The number of piperidine rings is 1. The van der Waals surface area contributed by atoms with Crippen LogP contribution in [0, 0.1) is 0 Å². The quantitative estimate of drug-likeness (QED) is 0.690. The first-order chi connectivity index (χ1) is 8.56. The van der Waals surface area contributed by atoms with Crippen LogP contribution >= 0.6 is 0 Å². The lowest BCUT2D eigenvalue weighted by molar-refractivity contribution is -0.156. The van der Waals surface area contributed by atoms with Crippen LogP contribution in [0.3, 0.4) is 0 Å². The molecule has 0 aliphatic carbocycles. The average Bonchev–Trinajstić information content (AvgIpc) is 2.24. The normalized spacial score (nSPS) is 22.8. The summed E-state index contributed by atoms with van der Waals surface area (Å²) in [4.78, 5) is 24.4. The van der Waals surface area contributed by atoms with Crippen LogP contribution < -0.4 is 0 Å². The molecule has 0 saturated carbocycles. The predicted molar refractivity (Wildman–Crippen MR) is 62.9 cm³/mol. The molecular weight excluding hydrogens is 260 g/mol. The van der Waals surface area contributed by atoms with E-state index in [1.165, 1.54) is 0 Å². The Balaban J connectivity index is 2.85. The number of alkyl halides is 2. The number of carbonyl (C=O) groups is 2. The molecule has 7 heteroatoms. The summed E-state index contributed by atoms with van der Waals surface area (Å²) in [7, 11) is 1.10. The Hall–Kier alpha value is -1.40. The molecule has 1 amide bonds. The Morgan fingerprint density at radius 3 is 2.37 bits per heavy atom. The van der Waals surface area contributed by atoms with Crippen molar-refractivity contribution in [1.82, 2.24) is 4.90 Å². The fraction of sp³-hybridized carbons (Fsp3) is 0.833. The van der Waals surface area contributed by atoms with Gasteiger partial charge in [0.25, 0.3) is 5.92 Å². The van der Waals surface area contributed by atoms with Crippen molar-refractivity contribution in [2.24, 2.45) is 0 Å². The van der Waals surface area contributed by atoms with Crippen molar-refractivity contribution >= 4 is 12.1 Å². The zero-order valence-corrected chi connectivity index (χ0v) is 11.5. The number of nitrogens with zero attached hydrogens (tertiary/aromatic N) is 1. The minimum atomic E-state index is -2.97. The zero-order valence-electron chi connectivity index (χ0n) is 11.5. The molecule has 1 fully saturated rings. The number of likely N-dealkylation sites (tertiary alicyclic amines) is 1. The van der Waals surface area contributed by atoms with Crippen LogP contribution in [0.15, 0.2) is 0 Å². The summed E-state index contributed by atoms with van der Waals surface area (Å²) in [5.74, 6) is -3.83. The van der Waals surface area contributed by atoms with Gasteiger partial charge in [-0.2, -0.15) is 0 Å². The van der Waals surface area contributed by atoms with Gasteiger partial charge in [-0.3, -0.25) is 4.90 Å². The number of hydrogen-bond donors (Lipinski definition) is 0. The highest BCUT2D eigenvalue weighted by molar-refractivity contribution is 5.81. The minimum Gasteiger partial charge on any atom is -0.467 e. The second-order valence-electron chi connectivity index (χ2n) is 5.52. The summed E-state index contributed by atoms with van der Waals surface area (Å²) in [6.45, 7) is 4.76. The number of hydrogen-bond acceptors (Lipinski definition) is 4. The van der Waals surface area contributed by atoms with Crippen LogP contribution in [0.25, 0.3) is 0 Å². The molecule has 1 unspecified atom stereocenters. The van der Waals surface area contributed by atoms with E-state index >= 15 is 0 Å². The van der Waals surface area contributed by atoms with Crippen molar-refractivity contribution in [1.29, 1.82) is 0 Å². The summed E-state index contributed by atoms with van der Waals surface area (Å²) < 4.78 is 36.3. The molecule has 110 valence electrons. The monoisotopic (exact) mass is 279 g/mol. The minimum absolute atomic E-state index is 0.234. The van der Waals surface area contributed by atoms with Crippen LogP contribution in [-0.4, -0.2) is 48.2 Å². The van der Waals surface area contributed by atoms with Gasteiger partial charge in [-0.15, -0.1) is 0 Å². The van der Waals surface area contributed by atoms with Crippen LogP contribution in [0.5, 0.6) is 0 Å². The predicted octanol–water partition coefficient (Wildman–Crippen LogP) is 2.19. The van der Waals surface area contributed by atoms with Gasteiger partial charge in [0, 0.05) is 19.4 Å². The van der Waals surface area contributed by atoms with Gasteiger partial charge in [0.15, 0.2) is 0 Å². The van der Waals surface area contributed by atoms with E-state index in [-0.39, 0.29) is 6.54 Å². The number of methoxy groups -OCH3 is 1. The molecule has 19 heavy (non-hydrogen) atoms. The molecule has 1 aliphatic rings. The first kappa shape index (κ1) is 15.7. The van der Waals surface area contributed by atoms with Crippen molar-refractivity contribution < 1.29 is 27.8 Å². The van der Waals surface area contributed by atoms with E-state index in [0.29, 0.717) is 0 Å². The van der Waals surface area contributed by atoms with Crippen molar-refractivity contribution in [2.75, 3.05) is 13.7 Å². The fourth-order valence-electron chi connectivity index (χ4n) is 1.82. The largest absolute Gasteiger partial charge is 0.467 e. The first-order valence-electron chi connectivity index (χ1n) is 6.01. The lowest BCUT2D eigenvalue weighted by Crippen LogP contribution is -2.54. The van der Waals surface area contributed by atoms with Gasteiger partial charge in [0.2, 0.25) is 0 Å². The van der Waals surface area contributed by atoms with Gasteiger partial charge in [0.1, 0.15) is 11.6 Å². The van der Waals surface area contributed by atoms with Gasteiger partial charge >= 0.3 is 12.1 Å². The molecule has 1 aliphatic heterocycles. The number of ether oxygens (including phenoxy) is 2. The molecule has 0 aromatic carbocycles. The van der Waals surface area contributed by atoms with Crippen LogP contribution in [0.1, 0.15) is 33.6 Å². The first-order valence-corrected chi connectivity index (χ1v) is 6.01. The number of carbonyl (C=O) groups excluding carboxylic acids is 2. The van der Waals surface area contributed by atoms with Gasteiger partial charge < -0.3 is 9.47 Å². The number of amides is 1. The maximum atomic E-state index is 13.3.